The summed E-state index contributed by atoms with van der Waals surface area (Å²) in [6, 6.07) is 10.8. The normalized spacial score (nSPS) is 28.9. The van der Waals surface area contributed by atoms with E-state index in [1.165, 1.54) is 0 Å². The van der Waals surface area contributed by atoms with E-state index < -0.39 is 5.54 Å². The zero-order valence-electron chi connectivity index (χ0n) is 10.1. The van der Waals surface area contributed by atoms with Crippen molar-refractivity contribution in [2.45, 2.75) is 24.9 Å². The molecule has 1 aliphatic heterocycles. The van der Waals surface area contributed by atoms with Gasteiger partial charge in [0.15, 0.2) is 0 Å². The van der Waals surface area contributed by atoms with Crippen LogP contribution in [0.3, 0.4) is 0 Å². The molecule has 4 heteroatoms. The molecule has 1 aliphatic rings. The lowest BCUT2D eigenvalue weighted by atomic mass is 9.98. The highest BCUT2D eigenvalue weighted by molar-refractivity contribution is 9.10. The first-order valence-electron chi connectivity index (χ1n) is 5.70. The van der Waals surface area contributed by atoms with Crippen molar-refractivity contribution in [2.75, 3.05) is 18.9 Å². The Kier molecular flexibility index (Phi) is 3.41. The van der Waals surface area contributed by atoms with Gasteiger partial charge in [0, 0.05) is 29.2 Å². The van der Waals surface area contributed by atoms with Crippen molar-refractivity contribution in [3.05, 3.63) is 28.7 Å². The van der Waals surface area contributed by atoms with Crippen molar-refractivity contribution in [3.63, 3.8) is 0 Å². The predicted octanol–water partition coefficient (Wildman–Crippen LogP) is 2.85. The summed E-state index contributed by atoms with van der Waals surface area (Å²) >= 11 is 3.50. The summed E-state index contributed by atoms with van der Waals surface area (Å²) in [5.41, 5.74) is 0.509. The van der Waals surface area contributed by atoms with Gasteiger partial charge in [-0.3, -0.25) is 0 Å². The zero-order valence-corrected chi connectivity index (χ0v) is 11.7. The van der Waals surface area contributed by atoms with E-state index in [2.05, 4.69) is 46.2 Å². The number of halogens is 1. The van der Waals surface area contributed by atoms with Crippen molar-refractivity contribution < 1.29 is 0 Å². The minimum atomic E-state index is -0.474. The number of nitrogens with zero attached hydrogens (tertiary/aromatic N) is 2. The molecule has 0 saturated carbocycles. The van der Waals surface area contributed by atoms with Gasteiger partial charge in [-0.15, -0.1) is 0 Å². The number of benzene rings is 1. The Morgan fingerprint density at radius 3 is 2.76 bits per heavy atom. The van der Waals surface area contributed by atoms with E-state index >= 15 is 0 Å². The zero-order chi connectivity index (χ0) is 12.5. The van der Waals surface area contributed by atoms with Gasteiger partial charge >= 0.3 is 0 Å². The van der Waals surface area contributed by atoms with Crippen LogP contribution in [0.15, 0.2) is 28.7 Å². The van der Waals surface area contributed by atoms with E-state index in [1.54, 1.807) is 0 Å². The molecule has 2 rings (SSSR count). The molecule has 0 aromatic heterocycles. The summed E-state index contributed by atoms with van der Waals surface area (Å²) in [4.78, 5) is 2.22. The van der Waals surface area contributed by atoms with Crippen LogP contribution in [0.25, 0.3) is 0 Å². The van der Waals surface area contributed by atoms with E-state index in [0.29, 0.717) is 6.04 Å². The minimum absolute atomic E-state index is 0.435. The van der Waals surface area contributed by atoms with Crippen LogP contribution < -0.4 is 5.32 Å². The number of likely N-dealkylation sites (tertiary alicyclic amines) is 1. The first-order valence-corrected chi connectivity index (χ1v) is 6.50. The highest BCUT2D eigenvalue weighted by Crippen LogP contribution is 2.31. The molecular formula is C13H16BrN3. The number of hydrogen-bond donors (Lipinski definition) is 1. The topological polar surface area (TPSA) is 39.1 Å². The van der Waals surface area contributed by atoms with Gasteiger partial charge in [-0.05, 0) is 42.0 Å². The standard InChI is InChI=1S/C13H16BrN3/c1-10-7-13(8-15,9-17(10)2)16-12-6-4-3-5-11(12)14/h3-6,10,16H,7,9H2,1-2H3. The molecule has 1 aromatic carbocycles. The Hall–Kier alpha value is -1.05. The summed E-state index contributed by atoms with van der Waals surface area (Å²) in [6.45, 7) is 2.91. The molecule has 1 saturated heterocycles. The molecule has 0 amide bonds. The molecule has 1 aromatic rings. The second kappa shape index (κ2) is 4.67. The highest BCUT2D eigenvalue weighted by atomic mass is 79.9. The molecule has 17 heavy (non-hydrogen) atoms. The average molecular weight is 294 g/mol. The Morgan fingerprint density at radius 2 is 2.24 bits per heavy atom. The van der Waals surface area contributed by atoms with Gasteiger partial charge in [0.25, 0.3) is 0 Å². The van der Waals surface area contributed by atoms with Gasteiger partial charge in [0.05, 0.1) is 6.07 Å². The summed E-state index contributed by atoms with van der Waals surface area (Å²) in [6.07, 6.45) is 0.849. The number of likely N-dealkylation sites (N-methyl/N-ethyl adjacent to an activating group) is 1. The molecular weight excluding hydrogens is 278 g/mol. The summed E-state index contributed by atoms with van der Waals surface area (Å²) in [5.74, 6) is 0. The first-order chi connectivity index (χ1) is 8.06. The van der Waals surface area contributed by atoms with Crippen LogP contribution in [0.5, 0.6) is 0 Å². The monoisotopic (exact) mass is 293 g/mol. The van der Waals surface area contributed by atoms with Crippen LogP contribution in [0.2, 0.25) is 0 Å². The van der Waals surface area contributed by atoms with Gasteiger partial charge in [-0.2, -0.15) is 5.26 Å². The molecule has 1 fully saturated rings. The molecule has 0 spiro atoms. The van der Waals surface area contributed by atoms with Crippen LogP contribution in [-0.2, 0) is 0 Å². The third kappa shape index (κ3) is 2.46. The maximum atomic E-state index is 9.45. The number of nitriles is 1. The number of rotatable bonds is 2. The lowest BCUT2D eigenvalue weighted by molar-refractivity contribution is 0.327. The first kappa shape index (κ1) is 12.4. The van der Waals surface area contributed by atoms with Gasteiger partial charge in [-0.1, -0.05) is 12.1 Å². The van der Waals surface area contributed by atoms with Crippen molar-refractivity contribution in [3.8, 4) is 6.07 Å². The maximum absolute atomic E-state index is 9.45. The van der Waals surface area contributed by atoms with E-state index in [0.717, 1.165) is 23.1 Å². The second-order valence-corrected chi connectivity index (χ2v) is 5.62. The lowest BCUT2D eigenvalue weighted by Crippen LogP contribution is -2.39. The molecule has 1 heterocycles. The van der Waals surface area contributed by atoms with Crippen LogP contribution in [0, 0.1) is 11.3 Å². The third-order valence-corrected chi connectivity index (χ3v) is 4.07. The molecule has 3 nitrogen and oxygen atoms in total. The largest absolute Gasteiger partial charge is 0.365 e. The van der Waals surface area contributed by atoms with Crippen molar-refractivity contribution >= 4 is 21.6 Å². The van der Waals surface area contributed by atoms with Crippen LogP contribution in [-0.4, -0.2) is 30.1 Å². The fourth-order valence-electron chi connectivity index (χ4n) is 2.33. The van der Waals surface area contributed by atoms with Crippen molar-refractivity contribution in [2.24, 2.45) is 0 Å². The maximum Gasteiger partial charge on any atom is 0.139 e. The van der Waals surface area contributed by atoms with Crippen LogP contribution >= 0.6 is 15.9 Å². The van der Waals surface area contributed by atoms with Crippen molar-refractivity contribution in [1.82, 2.24) is 4.90 Å². The van der Waals surface area contributed by atoms with Gasteiger partial charge in [0.1, 0.15) is 5.54 Å². The van der Waals surface area contributed by atoms with E-state index in [-0.39, 0.29) is 0 Å². The quantitative estimate of drug-likeness (QED) is 0.911. The Labute approximate surface area is 111 Å². The Morgan fingerprint density at radius 1 is 1.53 bits per heavy atom. The highest BCUT2D eigenvalue weighted by Gasteiger charge is 2.41. The minimum Gasteiger partial charge on any atom is -0.365 e. The van der Waals surface area contributed by atoms with Crippen LogP contribution in [0.1, 0.15) is 13.3 Å². The van der Waals surface area contributed by atoms with Gasteiger partial charge in [-0.25, -0.2) is 0 Å². The smallest absolute Gasteiger partial charge is 0.139 e. The summed E-state index contributed by atoms with van der Waals surface area (Å²) < 4.78 is 0.997. The van der Waals surface area contributed by atoms with E-state index in [9.17, 15) is 5.26 Å². The SMILES string of the molecule is CC1CC(C#N)(Nc2ccccc2Br)CN1C. The number of hydrogen-bond acceptors (Lipinski definition) is 3. The summed E-state index contributed by atoms with van der Waals surface area (Å²) in [5, 5.41) is 12.8. The Bertz CT molecular complexity index is 442. The molecule has 0 radical (unpaired) electrons. The lowest BCUT2D eigenvalue weighted by Gasteiger charge is -2.24. The number of nitrogens with one attached hydrogen (secondary N) is 1. The Balaban J connectivity index is 2.23. The van der Waals surface area contributed by atoms with E-state index in [4.69, 9.17) is 0 Å². The second-order valence-electron chi connectivity index (χ2n) is 4.77. The predicted molar refractivity (Wildman–Crippen MR) is 72.8 cm³/mol. The fourth-order valence-corrected chi connectivity index (χ4v) is 2.71. The molecule has 2 atom stereocenters. The summed E-state index contributed by atoms with van der Waals surface area (Å²) in [7, 11) is 2.06. The molecule has 0 aliphatic carbocycles. The van der Waals surface area contributed by atoms with Crippen LogP contribution in [0.4, 0.5) is 5.69 Å². The van der Waals surface area contributed by atoms with E-state index in [1.807, 2.05) is 24.3 Å². The third-order valence-electron chi connectivity index (χ3n) is 3.38. The average Bonchev–Trinajstić information content (AvgIpc) is 2.59. The molecule has 2 unspecified atom stereocenters. The number of para-hydroxylation sites is 1. The number of anilines is 1. The van der Waals surface area contributed by atoms with Gasteiger partial charge < -0.3 is 10.2 Å². The van der Waals surface area contributed by atoms with Gasteiger partial charge in [0.2, 0.25) is 0 Å². The molecule has 90 valence electrons. The molecule has 1 N–H and O–H groups in total. The van der Waals surface area contributed by atoms with Crippen molar-refractivity contribution in [1.29, 1.82) is 5.26 Å². The molecule has 0 bridgehead atoms. The fraction of sp³-hybridized carbons (Fsp3) is 0.462.